The molecule has 2 rings (SSSR count). The maximum absolute atomic E-state index is 10.6. The Labute approximate surface area is 125 Å². The summed E-state index contributed by atoms with van der Waals surface area (Å²) in [4.78, 5) is 10.3. The number of nitrogens with one attached hydrogen (secondary N) is 1. The van der Waals surface area contributed by atoms with Crippen LogP contribution in [0.15, 0.2) is 24.3 Å². The number of benzene rings is 1. The summed E-state index contributed by atoms with van der Waals surface area (Å²) in [5.74, 6) is 0.528. The van der Waals surface area contributed by atoms with E-state index in [0.717, 1.165) is 51.0 Å². The summed E-state index contributed by atoms with van der Waals surface area (Å²) in [5, 5.41) is 14.3. The molecule has 1 aliphatic heterocycles. The number of nitrogens with zero attached hydrogens (tertiary/aromatic N) is 1. The van der Waals surface area contributed by atoms with Crippen molar-refractivity contribution in [2.45, 2.75) is 38.6 Å². The van der Waals surface area contributed by atoms with Gasteiger partial charge in [-0.3, -0.25) is 10.1 Å². The molecule has 0 amide bonds. The second kappa shape index (κ2) is 8.10. The van der Waals surface area contributed by atoms with Gasteiger partial charge in [0.05, 0.1) is 11.5 Å². The van der Waals surface area contributed by atoms with Crippen LogP contribution in [0.2, 0.25) is 0 Å². The normalized spacial score (nSPS) is 22.1. The van der Waals surface area contributed by atoms with Crippen molar-refractivity contribution in [1.82, 2.24) is 5.32 Å². The zero-order valence-corrected chi connectivity index (χ0v) is 12.6. The minimum Gasteiger partial charge on any atom is -0.381 e. The van der Waals surface area contributed by atoms with Gasteiger partial charge in [-0.25, -0.2) is 0 Å². The van der Waals surface area contributed by atoms with Crippen molar-refractivity contribution in [2.24, 2.45) is 5.92 Å². The van der Waals surface area contributed by atoms with E-state index in [2.05, 4.69) is 12.2 Å². The Morgan fingerprint density at radius 3 is 2.81 bits per heavy atom. The van der Waals surface area contributed by atoms with E-state index in [0.29, 0.717) is 12.0 Å². The van der Waals surface area contributed by atoms with E-state index in [1.807, 2.05) is 12.1 Å². The summed E-state index contributed by atoms with van der Waals surface area (Å²) < 4.78 is 5.60. The first-order chi connectivity index (χ1) is 10.2. The van der Waals surface area contributed by atoms with E-state index < -0.39 is 0 Å². The van der Waals surface area contributed by atoms with Crippen LogP contribution < -0.4 is 5.32 Å². The first-order valence-electron chi connectivity index (χ1n) is 7.75. The van der Waals surface area contributed by atoms with Gasteiger partial charge in [-0.2, -0.15) is 0 Å². The van der Waals surface area contributed by atoms with Crippen molar-refractivity contribution in [3.05, 3.63) is 39.9 Å². The summed E-state index contributed by atoms with van der Waals surface area (Å²) in [7, 11) is 0. The number of rotatable bonds is 7. The lowest BCUT2D eigenvalue weighted by Gasteiger charge is -2.32. The van der Waals surface area contributed by atoms with Gasteiger partial charge in [-0.1, -0.05) is 19.1 Å². The van der Waals surface area contributed by atoms with Crippen LogP contribution in [0.1, 0.15) is 31.7 Å². The van der Waals surface area contributed by atoms with Crippen LogP contribution in [0.4, 0.5) is 5.69 Å². The molecule has 21 heavy (non-hydrogen) atoms. The molecule has 0 saturated carbocycles. The van der Waals surface area contributed by atoms with Gasteiger partial charge >= 0.3 is 0 Å². The molecule has 1 aromatic carbocycles. The average molecular weight is 292 g/mol. The standard InChI is InChI=1S/C16H24N2O3/c1-2-10-17-16-9-11-21-12-14(16)6-3-13-4-7-15(8-5-13)18(19)20/h4-5,7-8,14,16-17H,2-3,6,9-12H2,1H3. The maximum atomic E-state index is 10.6. The number of ether oxygens (including phenoxy) is 1. The molecule has 1 fully saturated rings. The molecule has 0 aliphatic carbocycles. The second-order valence-electron chi connectivity index (χ2n) is 5.65. The lowest BCUT2D eigenvalue weighted by molar-refractivity contribution is -0.384. The molecule has 2 unspecified atom stereocenters. The number of nitro benzene ring substituents is 1. The zero-order chi connectivity index (χ0) is 15.1. The van der Waals surface area contributed by atoms with E-state index >= 15 is 0 Å². The molecule has 1 aromatic rings. The predicted octanol–water partition coefficient (Wildman–Crippen LogP) is 2.93. The highest BCUT2D eigenvalue weighted by molar-refractivity contribution is 5.32. The molecule has 2 atom stereocenters. The van der Waals surface area contributed by atoms with E-state index in [9.17, 15) is 10.1 Å². The van der Waals surface area contributed by atoms with Crippen molar-refractivity contribution in [2.75, 3.05) is 19.8 Å². The topological polar surface area (TPSA) is 64.4 Å². The molecule has 0 spiro atoms. The van der Waals surface area contributed by atoms with Gasteiger partial charge in [0.25, 0.3) is 5.69 Å². The molecular weight excluding hydrogens is 268 g/mol. The van der Waals surface area contributed by atoms with Crippen LogP contribution in [0, 0.1) is 16.0 Å². The molecule has 0 radical (unpaired) electrons. The van der Waals surface area contributed by atoms with E-state index in [1.165, 1.54) is 0 Å². The minimum absolute atomic E-state index is 0.155. The molecular formula is C16H24N2O3. The molecule has 1 N–H and O–H groups in total. The Morgan fingerprint density at radius 1 is 1.38 bits per heavy atom. The van der Waals surface area contributed by atoms with Crippen molar-refractivity contribution in [1.29, 1.82) is 0 Å². The Balaban J connectivity index is 1.86. The van der Waals surface area contributed by atoms with Gasteiger partial charge in [0.15, 0.2) is 0 Å². The quantitative estimate of drug-likeness (QED) is 0.620. The summed E-state index contributed by atoms with van der Waals surface area (Å²) in [6.45, 7) is 4.89. The summed E-state index contributed by atoms with van der Waals surface area (Å²) in [6, 6.07) is 7.42. The van der Waals surface area contributed by atoms with E-state index in [1.54, 1.807) is 12.1 Å². The number of nitro groups is 1. The Kier molecular flexibility index (Phi) is 6.14. The molecule has 5 nitrogen and oxygen atoms in total. The number of hydrogen-bond acceptors (Lipinski definition) is 4. The van der Waals surface area contributed by atoms with Gasteiger partial charge in [0.1, 0.15) is 0 Å². The Bertz CT molecular complexity index is 447. The fourth-order valence-corrected chi connectivity index (χ4v) is 2.82. The third kappa shape index (κ3) is 4.79. The smallest absolute Gasteiger partial charge is 0.269 e. The fourth-order valence-electron chi connectivity index (χ4n) is 2.82. The zero-order valence-electron chi connectivity index (χ0n) is 12.6. The molecule has 1 saturated heterocycles. The highest BCUT2D eigenvalue weighted by Gasteiger charge is 2.24. The average Bonchev–Trinajstić information content (AvgIpc) is 2.52. The van der Waals surface area contributed by atoms with E-state index in [-0.39, 0.29) is 10.6 Å². The summed E-state index contributed by atoms with van der Waals surface area (Å²) in [5.41, 5.74) is 1.31. The Morgan fingerprint density at radius 2 is 2.14 bits per heavy atom. The minimum atomic E-state index is -0.358. The van der Waals surface area contributed by atoms with Crippen molar-refractivity contribution < 1.29 is 9.66 Å². The molecule has 116 valence electrons. The highest BCUT2D eigenvalue weighted by Crippen LogP contribution is 2.21. The van der Waals surface area contributed by atoms with Crippen LogP contribution in [0.5, 0.6) is 0 Å². The van der Waals surface area contributed by atoms with Gasteiger partial charge < -0.3 is 10.1 Å². The first kappa shape index (κ1) is 15.9. The van der Waals surface area contributed by atoms with Crippen LogP contribution in [0.3, 0.4) is 0 Å². The lowest BCUT2D eigenvalue weighted by Crippen LogP contribution is -2.43. The maximum Gasteiger partial charge on any atom is 0.269 e. The number of aryl methyl sites for hydroxylation is 1. The lowest BCUT2D eigenvalue weighted by atomic mass is 9.89. The highest BCUT2D eigenvalue weighted by atomic mass is 16.6. The van der Waals surface area contributed by atoms with Crippen LogP contribution >= 0.6 is 0 Å². The molecule has 0 bridgehead atoms. The summed E-state index contributed by atoms with van der Waals surface area (Å²) >= 11 is 0. The summed E-state index contributed by atoms with van der Waals surface area (Å²) in [6.07, 6.45) is 4.22. The van der Waals surface area contributed by atoms with Crippen LogP contribution in [0.25, 0.3) is 0 Å². The fraction of sp³-hybridized carbons (Fsp3) is 0.625. The third-order valence-corrected chi connectivity index (χ3v) is 4.08. The van der Waals surface area contributed by atoms with Crippen LogP contribution in [-0.2, 0) is 11.2 Å². The van der Waals surface area contributed by atoms with Gasteiger partial charge in [0, 0.05) is 24.8 Å². The van der Waals surface area contributed by atoms with Gasteiger partial charge in [0.2, 0.25) is 0 Å². The second-order valence-corrected chi connectivity index (χ2v) is 5.65. The monoisotopic (exact) mass is 292 g/mol. The largest absolute Gasteiger partial charge is 0.381 e. The predicted molar refractivity (Wildman–Crippen MR) is 82.4 cm³/mol. The first-order valence-corrected chi connectivity index (χ1v) is 7.75. The molecule has 5 heteroatoms. The van der Waals surface area contributed by atoms with E-state index in [4.69, 9.17) is 4.74 Å². The SMILES string of the molecule is CCCNC1CCOCC1CCc1ccc([N+](=O)[O-])cc1. The van der Waals surface area contributed by atoms with Gasteiger partial charge in [-0.05, 0) is 43.7 Å². The third-order valence-electron chi connectivity index (χ3n) is 4.08. The molecule has 0 aromatic heterocycles. The number of hydrogen-bond donors (Lipinski definition) is 1. The van der Waals surface area contributed by atoms with Crippen molar-refractivity contribution in [3.63, 3.8) is 0 Å². The van der Waals surface area contributed by atoms with Crippen LogP contribution in [-0.4, -0.2) is 30.7 Å². The number of non-ortho nitro benzene ring substituents is 1. The molecule has 1 aliphatic rings. The van der Waals surface area contributed by atoms with Gasteiger partial charge in [-0.15, -0.1) is 0 Å². The van der Waals surface area contributed by atoms with Crippen molar-refractivity contribution in [3.8, 4) is 0 Å². The van der Waals surface area contributed by atoms with Crippen molar-refractivity contribution >= 4 is 5.69 Å². The Hall–Kier alpha value is -1.46. The molecule has 1 heterocycles.